The molecule has 2 heterocycles. The molecule has 53 heavy (non-hydrogen) atoms. The van der Waals surface area contributed by atoms with Crippen LogP contribution in [-0.2, 0) is 12.8 Å². The molecule has 0 amide bonds. The predicted molar refractivity (Wildman–Crippen MR) is 223 cm³/mol. The van der Waals surface area contributed by atoms with Gasteiger partial charge in [0, 0.05) is 46.7 Å². The summed E-state index contributed by atoms with van der Waals surface area (Å²) in [5.41, 5.74) is 12.5. The average Bonchev–Trinajstić information content (AvgIpc) is 3.67. The first-order valence-corrected chi connectivity index (χ1v) is 21.2. The second kappa shape index (κ2) is 13.6. The summed E-state index contributed by atoms with van der Waals surface area (Å²) in [7, 11) is 0. The van der Waals surface area contributed by atoms with E-state index in [2.05, 4.69) is 132 Å². The van der Waals surface area contributed by atoms with Crippen LogP contribution in [0.5, 0.6) is 0 Å². The summed E-state index contributed by atoms with van der Waals surface area (Å²) >= 11 is 0. The number of aromatic nitrogens is 1. The molecule has 1 saturated carbocycles. The van der Waals surface area contributed by atoms with E-state index in [1.807, 2.05) is 6.21 Å². The quantitative estimate of drug-likeness (QED) is 0.235. The van der Waals surface area contributed by atoms with Gasteiger partial charge in [-0.15, -0.1) is 0 Å². The highest BCUT2D eigenvalue weighted by atomic mass is 15.2. The van der Waals surface area contributed by atoms with Crippen molar-refractivity contribution in [3.8, 4) is 0 Å². The monoisotopic (exact) mass is 699 g/mol. The molecule has 7 atom stereocenters. The Labute approximate surface area is 317 Å². The number of hydrogen-bond acceptors (Lipinski definition) is 2. The van der Waals surface area contributed by atoms with E-state index in [1.165, 1.54) is 85.6 Å². The molecule has 1 aromatic heterocycles. The molecule has 3 heteroatoms. The zero-order chi connectivity index (χ0) is 35.5. The number of dihydropyridines is 1. The average molecular weight is 700 g/mol. The summed E-state index contributed by atoms with van der Waals surface area (Å²) in [6, 6.07) is 18.0. The Morgan fingerprint density at radius 1 is 0.811 bits per heavy atom. The number of allylic oxidation sites excluding steroid dienone is 10. The van der Waals surface area contributed by atoms with Gasteiger partial charge < -0.3 is 9.47 Å². The maximum absolute atomic E-state index is 4.56. The first kappa shape index (κ1) is 33.5. The van der Waals surface area contributed by atoms with Crippen LogP contribution in [-0.4, -0.2) is 23.4 Å². The van der Waals surface area contributed by atoms with E-state index in [0.29, 0.717) is 29.8 Å². The Morgan fingerprint density at radius 3 is 2.51 bits per heavy atom. The van der Waals surface area contributed by atoms with Crippen LogP contribution >= 0.6 is 0 Å². The second-order valence-electron chi connectivity index (χ2n) is 17.8. The van der Waals surface area contributed by atoms with E-state index >= 15 is 0 Å². The molecule has 0 bridgehead atoms. The van der Waals surface area contributed by atoms with Gasteiger partial charge in [0.1, 0.15) is 0 Å². The van der Waals surface area contributed by atoms with Crippen molar-refractivity contribution in [1.29, 1.82) is 0 Å². The molecule has 1 fully saturated rings. The van der Waals surface area contributed by atoms with Gasteiger partial charge >= 0.3 is 0 Å². The van der Waals surface area contributed by atoms with Gasteiger partial charge in [-0.25, -0.2) is 0 Å². The number of benzene rings is 2. The molecule has 1 aliphatic heterocycles. The fourth-order valence-electron chi connectivity index (χ4n) is 12.0. The molecule has 3 nitrogen and oxygen atoms in total. The number of nitrogens with zero attached hydrogens (tertiary/aromatic N) is 3. The summed E-state index contributed by atoms with van der Waals surface area (Å²) in [6.07, 6.45) is 40.8. The van der Waals surface area contributed by atoms with Crippen molar-refractivity contribution in [1.82, 2.24) is 4.57 Å². The molecule has 2 aromatic carbocycles. The zero-order valence-corrected chi connectivity index (χ0v) is 32.0. The molecule has 10 rings (SSSR count). The minimum Gasteiger partial charge on any atom is -0.339 e. The third-order valence-electron chi connectivity index (χ3n) is 14.7. The zero-order valence-electron chi connectivity index (χ0n) is 32.0. The smallest absolute Gasteiger partial charge is 0.0557 e. The molecule has 3 aromatic rings. The standard InChI is InChI=1S/C50H57N3/c1-50(2)46-16-8-6-14-42(46)43-28-27-41(32-47(43)50)52(40-25-20-35(21-26-40)37-11-10-30-51-33-37)39-23-18-34(19-24-39)36-22-29-49-45(31-36)44-15-7-9-17-48(44)53(49)38-12-4-3-5-13-38/h3-5,8,10-12,16,20-23,25-26,29-32,34,37-38,41-43,46H,6-7,9,13-15,17-19,24,27-28,33H2,1-2H3. The van der Waals surface area contributed by atoms with Crippen LogP contribution in [0.1, 0.15) is 118 Å². The van der Waals surface area contributed by atoms with Crippen molar-refractivity contribution in [3.63, 3.8) is 0 Å². The van der Waals surface area contributed by atoms with Gasteiger partial charge in [-0.1, -0.05) is 92.3 Å². The summed E-state index contributed by atoms with van der Waals surface area (Å²) < 4.78 is 2.70. The summed E-state index contributed by atoms with van der Waals surface area (Å²) in [6.45, 7) is 5.94. The van der Waals surface area contributed by atoms with E-state index < -0.39 is 0 Å². The fraction of sp³-hybridized carbons (Fsp3) is 0.460. The summed E-state index contributed by atoms with van der Waals surface area (Å²) in [5, 5.41) is 1.54. The lowest BCUT2D eigenvalue weighted by Gasteiger charge is -2.41. The largest absolute Gasteiger partial charge is 0.339 e. The molecule has 272 valence electrons. The van der Waals surface area contributed by atoms with Gasteiger partial charge in [-0.05, 0) is 153 Å². The van der Waals surface area contributed by atoms with Gasteiger partial charge in [0.2, 0.25) is 0 Å². The number of hydrogen-bond donors (Lipinski definition) is 0. The Balaban J connectivity index is 0.972. The van der Waals surface area contributed by atoms with Crippen molar-refractivity contribution >= 4 is 22.8 Å². The van der Waals surface area contributed by atoms with E-state index in [0.717, 1.165) is 37.6 Å². The number of aliphatic imine (C=N–C) groups is 1. The SMILES string of the molecule is CC1(C)C2=CC(N(C3=CCC(c4ccc5c(c4)c4c(n5C5C=CC=CC5)CCCC4)CC3)c3ccc(C4C=CC=NC4)cc3)CCC2C2CCC=CC21. The first-order valence-electron chi connectivity index (χ1n) is 21.2. The van der Waals surface area contributed by atoms with Gasteiger partial charge in [0.15, 0.2) is 0 Å². The minimum atomic E-state index is 0.237. The molecule has 7 unspecified atom stereocenters. The van der Waals surface area contributed by atoms with E-state index in [4.69, 9.17) is 0 Å². The predicted octanol–water partition coefficient (Wildman–Crippen LogP) is 12.3. The minimum absolute atomic E-state index is 0.237. The number of fused-ring (bicyclic) bond motifs is 6. The fourth-order valence-corrected chi connectivity index (χ4v) is 12.0. The van der Waals surface area contributed by atoms with Gasteiger partial charge in [0.25, 0.3) is 0 Å². The van der Waals surface area contributed by atoms with Gasteiger partial charge in [-0.3, -0.25) is 4.99 Å². The molecule has 0 radical (unpaired) electrons. The maximum Gasteiger partial charge on any atom is 0.0557 e. The van der Waals surface area contributed by atoms with E-state index in [-0.39, 0.29) is 5.41 Å². The summed E-state index contributed by atoms with van der Waals surface area (Å²) in [4.78, 5) is 7.33. The third-order valence-corrected chi connectivity index (χ3v) is 14.7. The molecule has 0 N–H and O–H groups in total. The van der Waals surface area contributed by atoms with Crippen LogP contribution in [0.2, 0.25) is 0 Å². The van der Waals surface area contributed by atoms with Crippen molar-refractivity contribution in [2.45, 2.75) is 115 Å². The molecule has 0 spiro atoms. The Morgan fingerprint density at radius 2 is 1.70 bits per heavy atom. The Hall–Kier alpha value is -4.11. The number of anilines is 1. The van der Waals surface area contributed by atoms with Crippen LogP contribution in [0, 0.1) is 23.2 Å². The Bertz CT molecular complexity index is 2090. The summed E-state index contributed by atoms with van der Waals surface area (Å²) in [5.74, 6) is 3.22. The first-order chi connectivity index (χ1) is 26.0. The van der Waals surface area contributed by atoms with Crippen LogP contribution < -0.4 is 4.90 Å². The third kappa shape index (κ3) is 5.80. The highest BCUT2D eigenvalue weighted by Gasteiger charge is 2.52. The van der Waals surface area contributed by atoms with E-state index in [1.54, 1.807) is 22.4 Å². The van der Waals surface area contributed by atoms with Crippen LogP contribution in [0.25, 0.3) is 10.9 Å². The van der Waals surface area contributed by atoms with Gasteiger partial charge in [-0.2, -0.15) is 0 Å². The molecule has 7 aliphatic rings. The molecule has 0 saturated heterocycles. The van der Waals surface area contributed by atoms with Crippen LogP contribution in [0.3, 0.4) is 0 Å². The van der Waals surface area contributed by atoms with Crippen LogP contribution in [0.15, 0.2) is 119 Å². The van der Waals surface area contributed by atoms with Crippen molar-refractivity contribution in [2.75, 3.05) is 11.4 Å². The normalized spacial score (nSPS) is 31.2. The topological polar surface area (TPSA) is 20.5 Å². The van der Waals surface area contributed by atoms with E-state index in [9.17, 15) is 0 Å². The van der Waals surface area contributed by atoms with Crippen molar-refractivity contribution in [2.24, 2.45) is 28.2 Å². The number of aryl methyl sites for hydroxylation is 1. The van der Waals surface area contributed by atoms with Crippen LogP contribution in [0.4, 0.5) is 5.69 Å². The highest BCUT2D eigenvalue weighted by Crippen LogP contribution is 2.60. The molecule has 6 aliphatic carbocycles. The van der Waals surface area contributed by atoms with Crippen molar-refractivity contribution < 1.29 is 0 Å². The lowest BCUT2D eigenvalue weighted by Crippen LogP contribution is -2.38. The maximum atomic E-state index is 4.56. The Kier molecular flexibility index (Phi) is 8.61. The lowest BCUT2D eigenvalue weighted by molar-refractivity contribution is 0.253. The highest BCUT2D eigenvalue weighted by molar-refractivity contribution is 5.87. The van der Waals surface area contributed by atoms with Crippen molar-refractivity contribution in [3.05, 3.63) is 137 Å². The molecular formula is C50H57N3. The molecular weight excluding hydrogens is 643 g/mol. The lowest BCUT2D eigenvalue weighted by atomic mass is 9.73. The van der Waals surface area contributed by atoms with Gasteiger partial charge in [0.05, 0.1) is 12.1 Å². The second-order valence-corrected chi connectivity index (χ2v) is 17.8. The number of rotatable bonds is 6.